The Labute approximate surface area is 120 Å². The number of imidazole rings is 1. The van der Waals surface area contributed by atoms with Crippen LogP contribution in [0.1, 0.15) is 26.5 Å². The van der Waals surface area contributed by atoms with Crippen molar-refractivity contribution in [2.24, 2.45) is 0 Å². The lowest BCUT2D eigenvalue weighted by atomic mass is 10.2. The van der Waals surface area contributed by atoms with E-state index in [4.69, 9.17) is 16.7 Å². The first-order valence-corrected chi connectivity index (χ1v) is 6.13. The fourth-order valence-corrected chi connectivity index (χ4v) is 1.86. The molecule has 104 valence electrons. The van der Waals surface area contributed by atoms with E-state index >= 15 is 0 Å². The summed E-state index contributed by atoms with van der Waals surface area (Å²) in [6.07, 6.45) is 1.19. The number of carboxylic acids is 1. The van der Waals surface area contributed by atoms with Gasteiger partial charge in [-0.05, 0) is 17.7 Å². The minimum absolute atomic E-state index is 0.103. The molecule has 1 amide bonds. The average molecular weight is 294 g/mol. The number of carboxylic acid groups (broad SMARTS) is 1. The van der Waals surface area contributed by atoms with Crippen LogP contribution < -0.4 is 0 Å². The molecule has 2 N–H and O–H groups in total. The number of carbonyl (C=O) groups is 2. The van der Waals surface area contributed by atoms with Gasteiger partial charge < -0.3 is 15.0 Å². The molecule has 1 aromatic carbocycles. The van der Waals surface area contributed by atoms with Gasteiger partial charge >= 0.3 is 5.97 Å². The molecule has 7 heteroatoms. The number of aromatic nitrogens is 2. The molecule has 0 fully saturated rings. The van der Waals surface area contributed by atoms with E-state index in [1.54, 1.807) is 31.3 Å². The van der Waals surface area contributed by atoms with Crippen LogP contribution in [0.15, 0.2) is 30.6 Å². The maximum atomic E-state index is 12.2. The molecule has 1 heterocycles. The molecule has 0 bridgehead atoms. The molecule has 0 aliphatic rings. The molecule has 0 atom stereocenters. The monoisotopic (exact) mass is 293 g/mol. The normalized spacial score (nSPS) is 10.3. The van der Waals surface area contributed by atoms with Crippen LogP contribution in [0.4, 0.5) is 0 Å². The number of aromatic carboxylic acids is 1. The number of H-pyrrole nitrogens is 1. The molecule has 2 aromatic rings. The van der Waals surface area contributed by atoms with Crippen molar-refractivity contribution in [3.8, 4) is 0 Å². The summed E-state index contributed by atoms with van der Waals surface area (Å²) in [5, 5.41) is 9.56. The van der Waals surface area contributed by atoms with E-state index in [0.29, 0.717) is 11.6 Å². The van der Waals surface area contributed by atoms with E-state index in [2.05, 4.69) is 9.97 Å². The van der Waals surface area contributed by atoms with Gasteiger partial charge in [0.2, 0.25) is 0 Å². The van der Waals surface area contributed by atoms with Crippen LogP contribution in [0.5, 0.6) is 0 Å². The van der Waals surface area contributed by atoms with Crippen LogP contribution in [-0.2, 0) is 6.54 Å². The molecule has 0 saturated carbocycles. The van der Waals surface area contributed by atoms with Gasteiger partial charge in [-0.2, -0.15) is 0 Å². The van der Waals surface area contributed by atoms with Gasteiger partial charge in [-0.1, -0.05) is 23.7 Å². The van der Waals surface area contributed by atoms with Crippen molar-refractivity contribution in [3.63, 3.8) is 0 Å². The van der Waals surface area contributed by atoms with Crippen molar-refractivity contribution in [2.75, 3.05) is 7.05 Å². The van der Waals surface area contributed by atoms with Crippen molar-refractivity contribution in [1.82, 2.24) is 14.9 Å². The second kappa shape index (κ2) is 5.75. The Morgan fingerprint density at radius 2 is 2.00 bits per heavy atom. The fourth-order valence-electron chi connectivity index (χ4n) is 1.74. The first kappa shape index (κ1) is 14.1. The van der Waals surface area contributed by atoms with Gasteiger partial charge in [0, 0.05) is 18.6 Å². The number of benzene rings is 1. The highest BCUT2D eigenvalue weighted by Gasteiger charge is 2.22. The average Bonchev–Trinajstić information content (AvgIpc) is 2.90. The van der Waals surface area contributed by atoms with Crippen molar-refractivity contribution in [1.29, 1.82) is 0 Å². The zero-order valence-corrected chi connectivity index (χ0v) is 11.4. The van der Waals surface area contributed by atoms with Gasteiger partial charge in [0.05, 0.1) is 6.33 Å². The van der Waals surface area contributed by atoms with Gasteiger partial charge in [0.15, 0.2) is 11.4 Å². The predicted octanol–water partition coefficient (Wildman–Crippen LogP) is 2.03. The van der Waals surface area contributed by atoms with Gasteiger partial charge in [0.1, 0.15) is 0 Å². The van der Waals surface area contributed by atoms with E-state index < -0.39 is 11.9 Å². The lowest BCUT2D eigenvalue weighted by molar-refractivity contribution is 0.0674. The summed E-state index contributed by atoms with van der Waals surface area (Å²) in [6.45, 7) is 0.335. The number of amides is 1. The van der Waals surface area contributed by atoms with Crippen LogP contribution >= 0.6 is 11.6 Å². The standard InChI is InChI=1S/C13H12ClN3O3/c1-17(6-8-2-4-9(14)5-3-8)12(18)10-11(13(19)20)16-7-15-10/h2-5,7H,6H2,1H3,(H,15,16)(H,19,20). The highest BCUT2D eigenvalue weighted by molar-refractivity contribution is 6.30. The van der Waals surface area contributed by atoms with Crippen molar-refractivity contribution >= 4 is 23.5 Å². The number of hydrogen-bond acceptors (Lipinski definition) is 3. The fraction of sp³-hybridized carbons (Fsp3) is 0.154. The number of nitrogens with one attached hydrogen (secondary N) is 1. The lowest BCUT2D eigenvalue weighted by Crippen LogP contribution is -2.28. The van der Waals surface area contributed by atoms with Crippen molar-refractivity contribution in [3.05, 3.63) is 52.6 Å². The zero-order chi connectivity index (χ0) is 14.7. The number of hydrogen-bond donors (Lipinski definition) is 2. The highest BCUT2D eigenvalue weighted by Crippen LogP contribution is 2.13. The Morgan fingerprint density at radius 3 is 2.60 bits per heavy atom. The van der Waals surface area contributed by atoms with Gasteiger partial charge in [-0.15, -0.1) is 0 Å². The molecule has 0 spiro atoms. The quantitative estimate of drug-likeness (QED) is 0.903. The van der Waals surface area contributed by atoms with Crippen LogP contribution in [0.2, 0.25) is 5.02 Å². The zero-order valence-electron chi connectivity index (χ0n) is 10.6. The van der Waals surface area contributed by atoms with E-state index in [-0.39, 0.29) is 11.4 Å². The molecular weight excluding hydrogens is 282 g/mol. The summed E-state index contributed by atoms with van der Waals surface area (Å²) in [7, 11) is 1.58. The molecule has 0 aliphatic heterocycles. The maximum Gasteiger partial charge on any atom is 0.354 e. The summed E-state index contributed by atoms with van der Waals surface area (Å²) in [5.41, 5.74) is 0.574. The Hall–Kier alpha value is -2.34. The third-order valence-electron chi connectivity index (χ3n) is 2.74. The molecule has 2 rings (SSSR count). The molecule has 0 saturated heterocycles. The number of aromatic amines is 1. The summed E-state index contributed by atoms with van der Waals surface area (Å²) < 4.78 is 0. The molecule has 6 nitrogen and oxygen atoms in total. The molecule has 0 unspecified atom stereocenters. The third-order valence-corrected chi connectivity index (χ3v) is 2.99. The van der Waals surface area contributed by atoms with Crippen LogP contribution in [0, 0.1) is 0 Å². The minimum Gasteiger partial charge on any atom is -0.477 e. The highest BCUT2D eigenvalue weighted by atomic mass is 35.5. The van der Waals surface area contributed by atoms with Gasteiger partial charge in [-0.3, -0.25) is 4.79 Å². The second-order valence-electron chi connectivity index (χ2n) is 4.22. The summed E-state index contributed by atoms with van der Waals surface area (Å²) in [6, 6.07) is 7.06. The molecular formula is C13H12ClN3O3. The first-order chi connectivity index (χ1) is 9.49. The smallest absolute Gasteiger partial charge is 0.354 e. The molecule has 20 heavy (non-hydrogen) atoms. The largest absolute Gasteiger partial charge is 0.477 e. The number of rotatable bonds is 4. The number of carbonyl (C=O) groups excluding carboxylic acids is 1. The van der Waals surface area contributed by atoms with E-state index in [0.717, 1.165) is 5.56 Å². The van der Waals surface area contributed by atoms with Gasteiger partial charge in [-0.25, -0.2) is 9.78 Å². The van der Waals surface area contributed by atoms with Crippen LogP contribution in [-0.4, -0.2) is 38.9 Å². The van der Waals surface area contributed by atoms with Crippen LogP contribution in [0.25, 0.3) is 0 Å². The minimum atomic E-state index is -1.22. The second-order valence-corrected chi connectivity index (χ2v) is 4.66. The van der Waals surface area contributed by atoms with Crippen molar-refractivity contribution in [2.45, 2.75) is 6.54 Å². The predicted molar refractivity (Wildman–Crippen MR) is 72.8 cm³/mol. The van der Waals surface area contributed by atoms with Gasteiger partial charge in [0.25, 0.3) is 5.91 Å². The Bertz CT molecular complexity index is 637. The maximum absolute atomic E-state index is 12.2. The third kappa shape index (κ3) is 2.97. The molecule has 0 radical (unpaired) electrons. The van der Waals surface area contributed by atoms with E-state index in [9.17, 15) is 9.59 Å². The Balaban J connectivity index is 2.14. The Morgan fingerprint density at radius 1 is 1.35 bits per heavy atom. The van der Waals surface area contributed by atoms with E-state index in [1.807, 2.05) is 0 Å². The summed E-state index contributed by atoms with van der Waals surface area (Å²) in [4.78, 5) is 30.7. The summed E-state index contributed by atoms with van der Waals surface area (Å²) >= 11 is 5.79. The number of halogens is 1. The lowest BCUT2D eigenvalue weighted by Gasteiger charge is -2.16. The SMILES string of the molecule is CN(Cc1ccc(Cl)cc1)C(=O)c1nc[nH]c1C(=O)O. The topological polar surface area (TPSA) is 86.3 Å². The molecule has 1 aromatic heterocycles. The summed E-state index contributed by atoms with van der Waals surface area (Å²) in [5.74, 6) is -1.68. The molecule has 0 aliphatic carbocycles. The van der Waals surface area contributed by atoms with Crippen LogP contribution in [0.3, 0.4) is 0 Å². The number of nitrogens with zero attached hydrogens (tertiary/aromatic N) is 2. The first-order valence-electron chi connectivity index (χ1n) is 5.75. The van der Waals surface area contributed by atoms with Crippen molar-refractivity contribution < 1.29 is 14.7 Å². The van der Waals surface area contributed by atoms with E-state index in [1.165, 1.54) is 11.2 Å². The Kier molecular flexibility index (Phi) is 4.05.